The molecule has 7 nitrogen and oxygen atoms in total. The van der Waals surface area contributed by atoms with Crippen molar-refractivity contribution in [3.8, 4) is 0 Å². The Labute approximate surface area is 184 Å². The van der Waals surface area contributed by atoms with E-state index >= 15 is 0 Å². The summed E-state index contributed by atoms with van der Waals surface area (Å²) in [6.45, 7) is 4.03. The van der Waals surface area contributed by atoms with Crippen molar-refractivity contribution in [3.63, 3.8) is 0 Å². The summed E-state index contributed by atoms with van der Waals surface area (Å²) in [5.74, 6) is -1.62. The molecule has 3 aromatic rings. The van der Waals surface area contributed by atoms with Crippen molar-refractivity contribution in [1.82, 2.24) is 4.68 Å². The summed E-state index contributed by atoms with van der Waals surface area (Å²) in [7, 11) is 0. The molecular weight excluding hydrogens is 411 g/mol. The number of halogens is 1. The van der Waals surface area contributed by atoms with Crippen LogP contribution in [0.3, 0.4) is 0 Å². The average molecular weight is 434 g/mol. The van der Waals surface area contributed by atoms with E-state index in [9.17, 15) is 18.8 Å². The topological polar surface area (TPSA) is 83.4 Å². The van der Waals surface area contributed by atoms with Gasteiger partial charge in [-0.1, -0.05) is 0 Å². The van der Waals surface area contributed by atoms with Gasteiger partial charge in [0, 0.05) is 41.3 Å². The maximum absolute atomic E-state index is 13.1. The van der Waals surface area contributed by atoms with Gasteiger partial charge in [0.2, 0.25) is 11.8 Å². The van der Waals surface area contributed by atoms with Crippen molar-refractivity contribution in [1.29, 1.82) is 0 Å². The lowest BCUT2D eigenvalue weighted by Crippen LogP contribution is -2.28. The zero-order chi connectivity index (χ0) is 22.8. The van der Waals surface area contributed by atoms with E-state index in [0.29, 0.717) is 16.9 Å². The fraction of sp³-hybridized carbons (Fsp3) is 0.208. The van der Waals surface area contributed by atoms with Crippen LogP contribution in [0.5, 0.6) is 0 Å². The summed E-state index contributed by atoms with van der Waals surface area (Å²) in [6, 6.07) is 16.0. The van der Waals surface area contributed by atoms with Gasteiger partial charge in [-0.2, -0.15) is 0 Å². The monoisotopic (exact) mass is 434 g/mol. The molecule has 1 aliphatic rings. The Morgan fingerprint density at radius 2 is 1.56 bits per heavy atom. The van der Waals surface area contributed by atoms with Crippen molar-refractivity contribution in [2.24, 2.45) is 5.92 Å². The van der Waals surface area contributed by atoms with Crippen molar-refractivity contribution in [3.05, 3.63) is 83.4 Å². The first-order valence-corrected chi connectivity index (χ1v) is 10.2. The number of carbonyl (C=O) groups excluding carboxylic acids is 3. The van der Waals surface area contributed by atoms with Gasteiger partial charge in [-0.15, -0.1) is 0 Å². The molecule has 1 atom stereocenters. The number of carbonyl (C=O) groups is 3. The molecule has 2 heterocycles. The van der Waals surface area contributed by atoms with Gasteiger partial charge >= 0.3 is 0 Å². The Morgan fingerprint density at radius 3 is 2.19 bits per heavy atom. The molecule has 0 aliphatic carbocycles. The second-order valence-corrected chi connectivity index (χ2v) is 7.84. The second kappa shape index (κ2) is 8.66. The van der Waals surface area contributed by atoms with Crippen molar-refractivity contribution in [2.75, 3.05) is 22.2 Å². The van der Waals surface area contributed by atoms with Crippen molar-refractivity contribution in [2.45, 2.75) is 20.3 Å². The Kier molecular flexibility index (Phi) is 5.77. The van der Waals surface area contributed by atoms with Crippen molar-refractivity contribution < 1.29 is 18.8 Å². The number of anilines is 2. The minimum atomic E-state index is -0.518. The molecule has 164 valence electrons. The SMILES string of the molecule is Cc1ccc(C)n1NC(=O)c1ccc(NC(=O)[C@@H]2CC(=O)N(c3ccc(F)cc3)C2)cc1. The minimum Gasteiger partial charge on any atom is -0.326 e. The molecule has 0 unspecified atom stereocenters. The van der Waals surface area contributed by atoms with Gasteiger partial charge < -0.3 is 10.2 Å². The van der Waals surface area contributed by atoms with Gasteiger partial charge in [0.15, 0.2) is 0 Å². The molecule has 0 saturated carbocycles. The number of nitrogens with one attached hydrogen (secondary N) is 2. The lowest BCUT2D eigenvalue weighted by Gasteiger charge is -2.16. The van der Waals surface area contributed by atoms with Crippen LogP contribution < -0.4 is 15.6 Å². The number of rotatable bonds is 5. The molecular formula is C24H23FN4O3. The molecule has 1 aromatic heterocycles. The van der Waals surface area contributed by atoms with Gasteiger partial charge in [0.05, 0.1) is 5.92 Å². The molecule has 1 fully saturated rings. The largest absolute Gasteiger partial charge is 0.326 e. The van der Waals surface area contributed by atoms with E-state index in [1.165, 1.54) is 29.2 Å². The third kappa shape index (κ3) is 4.39. The highest BCUT2D eigenvalue weighted by Gasteiger charge is 2.35. The summed E-state index contributed by atoms with van der Waals surface area (Å²) < 4.78 is 14.8. The van der Waals surface area contributed by atoms with Gasteiger partial charge in [-0.25, -0.2) is 4.39 Å². The summed E-state index contributed by atoms with van der Waals surface area (Å²) in [6.07, 6.45) is 0.0826. The van der Waals surface area contributed by atoms with E-state index in [1.54, 1.807) is 28.9 Å². The molecule has 0 spiro atoms. The van der Waals surface area contributed by atoms with E-state index in [1.807, 2.05) is 26.0 Å². The Bertz CT molecular complexity index is 1150. The average Bonchev–Trinajstić information content (AvgIpc) is 3.32. The third-order valence-corrected chi connectivity index (χ3v) is 5.53. The van der Waals surface area contributed by atoms with Crippen LogP contribution >= 0.6 is 0 Å². The van der Waals surface area contributed by atoms with Gasteiger partial charge in [-0.05, 0) is 74.5 Å². The quantitative estimate of drug-likeness (QED) is 0.643. The maximum atomic E-state index is 13.1. The first kappa shape index (κ1) is 21.3. The second-order valence-electron chi connectivity index (χ2n) is 7.84. The fourth-order valence-corrected chi connectivity index (χ4v) is 3.71. The zero-order valence-electron chi connectivity index (χ0n) is 17.8. The van der Waals surface area contributed by atoms with Crippen LogP contribution in [0.4, 0.5) is 15.8 Å². The van der Waals surface area contributed by atoms with E-state index in [4.69, 9.17) is 0 Å². The predicted octanol–water partition coefficient (Wildman–Crippen LogP) is 3.62. The Hall–Kier alpha value is -3.94. The van der Waals surface area contributed by atoms with Crippen LogP contribution in [0.25, 0.3) is 0 Å². The molecule has 4 rings (SSSR count). The smallest absolute Gasteiger partial charge is 0.270 e. The lowest BCUT2D eigenvalue weighted by atomic mass is 10.1. The summed E-state index contributed by atoms with van der Waals surface area (Å²) >= 11 is 0. The van der Waals surface area contributed by atoms with Crippen molar-refractivity contribution >= 4 is 29.1 Å². The van der Waals surface area contributed by atoms with E-state index in [0.717, 1.165) is 11.4 Å². The molecule has 2 N–H and O–H groups in total. The molecule has 8 heteroatoms. The molecule has 3 amide bonds. The van der Waals surface area contributed by atoms with Crippen LogP contribution in [0.15, 0.2) is 60.7 Å². The summed E-state index contributed by atoms with van der Waals surface area (Å²) in [4.78, 5) is 39.0. The van der Waals surface area contributed by atoms with Crippen LogP contribution in [-0.4, -0.2) is 28.9 Å². The number of aromatic nitrogens is 1. The third-order valence-electron chi connectivity index (χ3n) is 5.53. The van der Waals surface area contributed by atoms with Crippen LogP contribution in [-0.2, 0) is 9.59 Å². The number of amides is 3. The van der Waals surface area contributed by atoms with E-state index in [-0.39, 0.29) is 36.5 Å². The molecule has 0 radical (unpaired) electrons. The predicted molar refractivity (Wildman–Crippen MR) is 120 cm³/mol. The minimum absolute atomic E-state index is 0.0826. The van der Waals surface area contributed by atoms with E-state index in [2.05, 4.69) is 10.7 Å². The molecule has 2 aromatic carbocycles. The number of hydrogen-bond acceptors (Lipinski definition) is 3. The molecule has 1 saturated heterocycles. The molecule has 1 aliphatic heterocycles. The molecule has 0 bridgehead atoms. The first-order chi connectivity index (χ1) is 15.3. The molecule has 32 heavy (non-hydrogen) atoms. The highest BCUT2D eigenvalue weighted by Crippen LogP contribution is 2.26. The maximum Gasteiger partial charge on any atom is 0.270 e. The zero-order valence-corrected chi connectivity index (χ0v) is 17.8. The Balaban J connectivity index is 1.37. The first-order valence-electron chi connectivity index (χ1n) is 10.2. The van der Waals surface area contributed by atoms with Gasteiger partial charge in [0.1, 0.15) is 5.82 Å². The lowest BCUT2D eigenvalue weighted by molar-refractivity contribution is -0.122. The Morgan fingerprint density at radius 1 is 0.938 bits per heavy atom. The normalized spacial score (nSPS) is 15.7. The fourth-order valence-electron chi connectivity index (χ4n) is 3.71. The highest BCUT2D eigenvalue weighted by molar-refractivity contribution is 6.04. The number of hydrogen-bond donors (Lipinski definition) is 2. The van der Waals surface area contributed by atoms with E-state index < -0.39 is 5.92 Å². The number of aryl methyl sites for hydroxylation is 2. The number of nitrogens with zero attached hydrogens (tertiary/aromatic N) is 2. The van der Waals surface area contributed by atoms with Crippen LogP contribution in [0.2, 0.25) is 0 Å². The van der Waals surface area contributed by atoms with Gasteiger partial charge in [-0.3, -0.25) is 24.5 Å². The van der Waals surface area contributed by atoms with Crippen LogP contribution in [0, 0.1) is 25.6 Å². The summed E-state index contributed by atoms with van der Waals surface area (Å²) in [5, 5.41) is 2.80. The number of benzene rings is 2. The standard InChI is InChI=1S/C24H23FN4O3/c1-15-3-4-16(2)29(15)27-24(32)17-5-9-20(10-6-17)26-23(31)18-13-22(30)28(14-18)21-11-7-19(25)8-12-21/h3-12,18H,13-14H2,1-2H3,(H,26,31)(H,27,32)/t18-/m1/s1. The van der Waals surface area contributed by atoms with Gasteiger partial charge in [0.25, 0.3) is 5.91 Å². The highest BCUT2D eigenvalue weighted by atomic mass is 19.1. The summed E-state index contributed by atoms with van der Waals surface area (Å²) in [5.41, 5.74) is 6.22. The van der Waals surface area contributed by atoms with Crippen LogP contribution in [0.1, 0.15) is 28.2 Å².